The molecular formula is C17H26N2O2. The molecule has 21 heavy (non-hydrogen) atoms. The summed E-state index contributed by atoms with van der Waals surface area (Å²) in [5, 5.41) is 3.39. The molecule has 4 heteroatoms. The first-order valence-electron chi connectivity index (χ1n) is 7.79. The van der Waals surface area contributed by atoms with Gasteiger partial charge in [0.25, 0.3) is 0 Å². The lowest BCUT2D eigenvalue weighted by Gasteiger charge is -2.39. The molecule has 4 nitrogen and oxygen atoms in total. The highest BCUT2D eigenvalue weighted by Gasteiger charge is 2.43. The molecule has 0 saturated carbocycles. The number of rotatable bonds is 4. The van der Waals surface area contributed by atoms with Gasteiger partial charge in [0, 0.05) is 19.6 Å². The average Bonchev–Trinajstić information content (AvgIpc) is 2.76. The van der Waals surface area contributed by atoms with Gasteiger partial charge in [0.05, 0.1) is 6.61 Å². The maximum atomic E-state index is 12.7. The number of esters is 1. The number of benzene rings is 1. The summed E-state index contributed by atoms with van der Waals surface area (Å²) >= 11 is 0. The van der Waals surface area contributed by atoms with Gasteiger partial charge in [-0.2, -0.15) is 0 Å². The van der Waals surface area contributed by atoms with Crippen molar-refractivity contribution in [1.82, 2.24) is 10.2 Å². The van der Waals surface area contributed by atoms with Gasteiger partial charge < -0.3 is 10.1 Å². The van der Waals surface area contributed by atoms with Crippen LogP contribution in [0.4, 0.5) is 0 Å². The second kappa shape index (κ2) is 7.05. The average molecular weight is 290 g/mol. The minimum absolute atomic E-state index is 0.152. The van der Waals surface area contributed by atoms with Crippen molar-refractivity contribution in [2.24, 2.45) is 0 Å². The molecule has 0 bridgehead atoms. The van der Waals surface area contributed by atoms with Crippen LogP contribution in [0.1, 0.15) is 31.4 Å². The monoisotopic (exact) mass is 290 g/mol. The minimum atomic E-state index is -0.715. The summed E-state index contributed by atoms with van der Waals surface area (Å²) in [5.74, 6) is -0.152. The molecule has 1 atom stereocenters. The Labute approximate surface area is 127 Å². The largest absolute Gasteiger partial charge is 0.464 e. The molecule has 1 N–H and O–H groups in total. The number of aryl methyl sites for hydroxylation is 1. The van der Waals surface area contributed by atoms with Gasteiger partial charge in [-0.3, -0.25) is 4.90 Å². The third kappa shape index (κ3) is 3.27. The van der Waals surface area contributed by atoms with E-state index >= 15 is 0 Å². The van der Waals surface area contributed by atoms with E-state index in [1.54, 1.807) is 0 Å². The van der Waals surface area contributed by atoms with E-state index in [0.717, 1.165) is 43.7 Å². The SMILES string of the molecule is CCOC(=O)C(C)(c1ccccc1C)N1CCCNCC1. The Morgan fingerprint density at radius 2 is 2.10 bits per heavy atom. The number of nitrogens with zero attached hydrogens (tertiary/aromatic N) is 1. The molecule has 1 heterocycles. The highest BCUT2D eigenvalue weighted by Crippen LogP contribution is 2.32. The van der Waals surface area contributed by atoms with Crippen molar-refractivity contribution in [3.63, 3.8) is 0 Å². The van der Waals surface area contributed by atoms with Crippen molar-refractivity contribution in [2.45, 2.75) is 32.7 Å². The zero-order chi connectivity index (χ0) is 15.3. The Morgan fingerprint density at radius 3 is 2.81 bits per heavy atom. The van der Waals surface area contributed by atoms with Crippen LogP contribution in [0, 0.1) is 6.92 Å². The second-order valence-corrected chi connectivity index (χ2v) is 5.70. The summed E-state index contributed by atoms with van der Waals surface area (Å²) in [5.41, 5.74) is 1.46. The Kier molecular flexibility index (Phi) is 5.37. The molecule has 1 aromatic carbocycles. The molecule has 1 aromatic rings. The van der Waals surface area contributed by atoms with Gasteiger partial charge in [-0.05, 0) is 44.9 Å². The number of carbonyl (C=O) groups excluding carboxylic acids is 1. The summed E-state index contributed by atoms with van der Waals surface area (Å²) in [4.78, 5) is 15.0. The molecule has 1 saturated heterocycles. The van der Waals surface area contributed by atoms with Crippen molar-refractivity contribution >= 4 is 5.97 Å². The zero-order valence-electron chi connectivity index (χ0n) is 13.3. The molecule has 1 fully saturated rings. The Hall–Kier alpha value is -1.39. The minimum Gasteiger partial charge on any atom is -0.464 e. The maximum Gasteiger partial charge on any atom is 0.330 e. The van der Waals surface area contributed by atoms with Gasteiger partial charge in [-0.25, -0.2) is 4.79 Å². The molecule has 116 valence electrons. The third-order valence-corrected chi connectivity index (χ3v) is 4.31. The van der Waals surface area contributed by atoms with Gasteiger partial charge in [-0.1, -0.05) is 24.3 Å². The van der Waals surface area contributed by atoms with Crippen LogP contribution in [0.15, 0.2) is 24.3 Å². The van der Waals surface area contributed by atoms with E-state index in [1.807, 2.05) is 32.0 Å². The summed E-state index contributed by atoms with van der Waals surface area (Å²) in [6, 6.07) is 8.11. The molecule has 0 aromatic heterocycles. The first-order valence-corrected chi connectivity index (χ1v) is 7.79. The molecule has 0 aliphatic carbocycles. The van der Waals surface area contributed by atoms with Gasteiger partial charge in [0.15, 0.2) is 0 Å². The van der Waals surface area contributed by atoms with Gasteiger partial charge in [-0.15, -0.1) is 0 Å². The molecule has 1 unspecified atom stereocenters. The van der Waals surface area contributed by atoms with Crippen LogP contribution in [0.5, 0.6) is 0 Å². The van der Waals surface area contributed by atoms with Crippen LogP contribution >= 0.6 is 0 Å². The van der Waals surface area contributed by atoms with Crippen molar-refractivity contribution in [3.05, 3.63) is 35.4 Å². The van der Waals surface area contributed by atoms with Crippen LogP contribution in [-0.2, 0) is 15.1 Å². The van der Waals surface area contributed by atoms with E-state index in [-0.39, 0.29) is 5.97 Å². The maximum absolute atomic E-state index is 12.7. The fourth-order valence-electron chi connectivity index (χ4n) is 3.09. The van der Waals surface area contributed by atoms with E-state index in [2.05, 4.69) is 23.2 Å². The van der Waals surface area contributed by atoms with Gasteiger partial charge >= 0.3 is 5.97 Å². The molecule has 0 spiro atoms. The lowest BCUT2D eigenvalue weighted by Crippen LogP contribution is -2.52. The summed E-state index contributed by atoms with van der Waals surface area (Å²) in [7, 11) is 0. The number of hydrogen-bond acceptors (Lipinski definition) is 4. The summed E-state index contributed by atoms with van der Waals surface area (Å²) in [6.45, 7) is 9.98. The first kappa shape index (κ1) is 16.0. The predicted molar refractivity (Wildman–Crippen MR) is 84.2 cm³/mol. The Balaban J connectivity index is 2.43. The van der Waals surface area contributed by atoms with Gasteiger partial charge in [0.2, 0.25) is 0 Å². The van der Waals surface area contributed by atoms with Crippen LogP contribution in [0.25, 0.3) is 0 Å². The topological polar surface area (TPSA) is 41.6 Å². The summed E-state index contributed by atoms with van der Waals surface area (Å²) in [6.07, 6.45) is 1.04. The molecule has 0 radical (unpaired) electrons. The quantitative estimate of drug-likeness (QED) is 0.862. The molecule has 0 amide bonds. The van der Waals surface area contributed by atoms with Crippen LogP contribution < -0.4 is 5.32 Å². The van der Waals surface area contributed by atoms with Crippen LogP contribution in [0.3, 0.4) is 0 Å². The van der Waals surface area contributed by atoms with E-state index in [9.17, 15) is 4.79 Å². The number of nitrogens with one attached hydrogen (secondary N) is 1. The van der Waals surface area contributed by atoms with Crippen molar-refractivity contribution in [1.29, 1.82) is 0 Å². The van der Waals surface area contributed by atoms with Crippen molar-refractivity contribution in [3.8, 4) is 0 Å². The molecule has 2 rings (SSSR count). The highest BCUT2D eigenvalue weighted by molar-refractivity contribution is 5.82. The summed E-state index contributed by atoms with van der Waals surface area (Å²) < 4.78 is 5.41. The number of carbonyl (C=O) groups is 1. The standard InChI is InChI=1S/C17H26N2O2/c1-4-21-16(20)17(3,15-9-6-5-8-14(15)2)19-12-7-10-18-11-13-19/h5-6,8-9,18H,4,7,10-13H2,1-3H3. The Morgan fingerprint density at radius 1 is 1.33 bits per heavy atom. The smallest absolute Gasteiger partial charge is 0.330 e. The first-order chi connectivity index (χ1) is 10.1. The number of ether oxygens (including phenoxy) is 1. The molecule has 1 aliphatic heterocycles. The third-order valence-electron chi connectivity index (χ3n) is 4.31. The van der Waals surface area contributed by atoms with E-state index in [0.29, 0.717) is 6.61 Å². The van der Waals surface area contributed by atoms with E-state index in [1.165, 1.54) is 0 Å². The van der Waals surface area contributed by atoms with Crippen LogP contribution in [-0.4, -0.2) is 43.7 Å². The molecular weight excluding hydrogens is 264 g/mol. The predicted octanol–water partition coefficient (Wildman–Crippen LogP) is 2.07. The number of hydrogen-bond donors (Lipinski definition) is 1. The molecule has 1 aliphatic rings. The van der Waals surface area contributed by atoms with E-state index in [4.69, 9.17) is 4.74 Å². The lowest BCUT2D eigenvalue weighted by atomic mass is 9.86. The zero-order valence-corrected chi connectivity index (χ0v) is 13.3. The van der Waals surface area contributed by atoms with Gasteiger partial charge in [0.1, 0.15) is 5.54 Å². The highest BCUT2D eigenvalue weighted by atomic mass is 16.5. The lowest BCUT2D eigenvalue weighted by molar-refractivity contribution is -0.157. The normalized spacial score (nSPS) is 19.6. The fourth-order valence-corrected chi connectivity index (χ4v) is 3.09. The van der Waals surface area contributed by atoms with E-state index < -0.39 is 5.54 Å². The van der Waals surface area contributed by atoms with Crippen molar-refractivity contribution in [2.75, 3.05) is 32.8 Å². The second-order valence-electron chi connectivity index (χ2n) is 5.70. The Bertz CT molecular complexity index is 481. The van der Waals surface area contributed by atoms with Crippen molar-refractivity contribution < 1.29 is 9.53 Å². The van der Waals surface area contributed by atoms with Crippen LogP contribution in [0.2, 0.25) is 0 Å². The fraction of sp³-hybridized carbons (Fsp3) is 0.588.